The average molecular weight is 338 g/mol. The summed E-state index contributed by atoms with van der Waals surface area (Å²) in [6.07, 6.45) is 1.85. The normalized spacial score (nSPS) is 11.6. The highest BCUT2D eigenvalue weighted by Crippen LogP contribution is 2.16. The first-order valence-electron chi connectivity index (χ1n) is 8.09. The zero-order valence-electron chi connectivity index (χ0n) is 14.7. The Morgan fingerprint density at radius 1 is 1.32 bits per heavy atom. The van der Waals surface area contributed by atoms with Crippen molar-refractivity contribution < 1.29 is 4.52 Å². The van der Waals surface area contributed by atoms with E-state index in [4.69, 9.17) is 4.52 Å². The number of hydrogen-bond acceptors (Lipinski definition) is 4. The summed E-state index contributed by atoms with van der Waals surface area (Å²) in [4.78, 5) is 14.1. The second-order valence-electron chi connectivity index (χ2n) is 5.80. The molecule has 2 aromatic heterocycles. The molecule has 25 heavy (non-hydrogen) atoms. The Morgan fingerprint density at radius 3 is 2.80 bits per heavy atom. The summed E-state index contributed by atoms with van der Waals surface area (Å²) in [5.74, 6) is 2.41. The molecule has 0 saturated carbocycles. The maximum Gasteiger partial charge on any atom is 0.194 e. The van der Waals surface area contributed by atoms with Crippen molar-refractivity contribution in [1.29, 1.82) is 0 Å². The standard InChI is InChI=1S/C18H22N6O/c1-13-9-15(25-23-13)10-21-18(19-2)24(3)12-17-20-11-16(22-17)14-7-5-4-6-8-14/h4-9,11H,10,12H2,1-3H3,(H,19,21)(H,20,22). The molecule has 0 aliphatic heterocycles. The lowest BCUT2D eigenvalue weighted by Gasteiger charge is -2.20. The van der Waals surface area contributed by atoms with E-state index in [0.717, 1.165) is 34.5 Å². The third-order valence-corrected chi connectivity index (χ3v) is 3.77. The van der Waals surface area contributed by atoms with Gasteiger partial charge >= 0.3 is 0 Å². The van der Waals surface area contributed by atoms with Crippen LogP contribution in [0, 0.1) is 6.92 Å². The van der Waals surface area contributed by atoms with E-state index in [-0.39, 0.29) is 0 Å². The van der Waals surface area contributed by atoms with Crippen LogP contribution >= 0.6 is 0 Å². The number of aromatic amines is 1. The first-order valence-corrected chi connectivity index (χ1v) is 8.09. The average Bonchev–Trinajstić information content (AvgIpc) is 3.25. The molecule has 0 spiro atoms. The molecule has 3 rings (SSSR count). The van der Waals surface area contributed by atoms with Gasteiger partial charge in [-0.2, -0.15) is 0 Å². The first-order chi connectivity index (χ1) is 12.2. The molecule has 2 N–H and O–H groups in total. The highest BCUT2D eigenvalue weighted by molar-refractivity contribution is 5.79. The van der Waals surface area contributed by atoms with E-state index in [1.54, 1.807) is 7.05 Å². The van der Waals surface area contributed by atoms with Crippen LogP contribution < -0.4 is 5.32 Å². The number of hydrogen-bond donors (Lipinski definition) is 2. The predicted molar refractivity (Wildman–Crippen MR) is 96.9 cm³/mol. The molecule has 130 valence electrons. The molecule has 3 aromatic rings. The van der Waals surface area contributed by atoms with Gasteiger partial charge in [0.15, 0.2) is 11.7 Å². The van der Waals surface area contributed by atoms with Gasteiger partial charge in [0.2, 0.25) is 0 Å². The number of H-pyrrole nitrogens is 1. The zero-order valence-corrected chi connectivity index (χ0v) is 14.7. The second-order valence-corrected chi connectivity index (χ2v) is 5.80. The van der Waals surface area contributed by atoms with Gasteiger partial charge < -0.3 is 19.7 Å². The molecule has 0 amide bonds. The highest BCUT2D eigenvalue weighted by Gasteiger charge is 2.11. The number of aliphatic imine (C=N–C) groups is 1. The van der Waals surface area contributed by atoms with Crippen molar-refractivity contribution in [3.8, 4) is 11.3 Å². The van der Waals surface area contributed by atoms with Gasteiger partial charge in [-0.05, 0) is 12.5 Å². The third kappa shape index (κ3) is 4.26. The molecule has 7 heteroatoms. The van der Waals surface area contributed by atoms with Gasteiger partial charge in [-0.1, -0.05) is 35.5 Å². The van der Waals surface area contributed by atoms with Gasteiger partial charge in [-0.15, -0.1) is 0 Å². The van der Waals surface area contributed by atoms with E-state index in [0.29, 0.717) is 13.1 Å². The fourth-order valence-electron chi connectivity index (χ4n) is 2.56. The van der Waals surface area contributed by atoms with Crippen LogP contribution in [0.4, 0.5) is 0 Å². The molecule has 2 heterocycles. The van der Waals surface area contributed by atoms with E-state index < -0.39 is 0 Å². The Morgan fingerprint density at radius 2 is 2.12 bits per heavy atom. The number of benzene rings is 1. The molecule has 0 atom stereocenters. The van der Waals surface area contributed by atoms with Crippen molar-refractivity contribution >= 4 is 5.96 Å². The molecule has 0 aliphatic rings. The van der Waals surface area contributed by atoms with Crippen LogP contribution in [0.15, 0.2) is 52.1 Å². The van der Waals surface area contributed by atoms with Gasteiger partial charge in [0.1, 0.15) is 5.82 Å². The quantitative estimate of drug-likeness (QED) is 0.552. The third-order valence-electron chi connectivity index (χ3n) is 3.77. The van der Waals surface area contributed by atoms with Gasteiger partial charge in [-0.25, -0.2) is 4.98 Å². The predicted octanol–water partition coefficient (Wildman–Crippen LogP) is 2.58. The van der Waals surface area contributed by atoms with Crippen LogP contribution in [0.2, 0.25) is 0 Å². The van der Waals surface area contributed by atoms with E-state index in [9.17, 15) is 0 Å². The van der Waals surface area contributed by atoms with Crippen LogP contribution in [-0.4, -0.2) is 40.1 Å². The van der Waals surface area contributed by atoms with E-state index in [2.05, 4.69) is 37.6 Å². The number of imidazole rings is 1. The topological polar surface area (TPSA) is 82.3 Å². The van der Waals surface area contributed by atoms with Crippen LogP contribution in [0.1, 0.15) is 17.3 Å². The molecule has 1 aromatic carbocycles. The molecule has 7 nitrogen and oxygen atoms in total. The highest BCUT2D eigenvalue weighted by atomic mass is 16.5. The molecular formula is C18H22N6O. The monoisotopic (exact) mass is 338 g/mol. The van der Waals surface area contributed by atoms with Gasteiger partial charge in [0.05, 0.1) is 30.7 Å². The Kier molecular flexibility index (Phi) is 5.13. The van der Waals surface area contributed by atoms with E-state index >= 15 is 0 Å². The number of aromatic nitrogens is 3. The fraction of sp³-hybridized carbons (Fsp3) is 0.278. The summed E-state index contributed by atoms with van der Waals surface area (Å²) in [6.45, 7) is 3.04. The smallest absolute Gasteiger partial charge is 0.194 e. The van der Waals surface area contributed by atoms with Crippen molar-refractivity contribution in [2.24, 2.45) is 4.99 Å². The maximum absolute atomic E-state index is 5.20. The van der Waals surface area contributed by atoms with E-state index in [1.807, 2.05) is 49.3 Å². The number of nitrogens with one attached hydrogen (secondary N) is 2. The van der Waals surface area contributed by atoms with Crippen LogP contribution in [0.5, 0.6) is 0 Å². The van der Waals surface area contributed by atoms with Crippen molar-refractivity contribution in [2.45, 2.75) is 20.0 Å². The summed E-state index contributed by atoms with van der Waals surface area (Å²) in [5.41, 5.74) is 2.99. The summed E-state index contributed by atoms with van der Waals surface area (Å²) in [5, 5.41) is 7.14. The van der Waals surface area contributed by atoms with Crippen molar-refractivity contribution in [2.75, 3.05) is 14.1 Å². The molecule has 0 bridgehead atoms. The van der Waals surface area contributed by atoms with Crippen molar-refractivity contribution in [1.82, 2.24) is 25.3 Å². The minimum Gasteiger partial charge on any atom is -0.359 e. The number of nitrogens with zero attached hydrogens (tertiary/aromatic N) is 4. The first kappa shape index (κ1) is 16.8. The molecule has 0 radical (unpaired) electrons. The minimum atomic E-state index is 0.533. The van der Waals surface area contributed by atoms with Gasteiger partial charge in [0, 0.05) is 20.2 Å². The lowest BCUT2D eigenvalue weighted by Crippen LogP contribution is -2.38. The molecular weight excluding hydrogens is 316 g/mol. The van der Waals surface area contributed by atoms with Gasteiger partial charge in [-0.3, -0.25) is 4.99 Å². The Bertz CT molecular complexity index is 836. The molecule has 0 fully saturated rings. The van der Waals surface area contributed by atoms with Gasteiger partial charge in [0.25, 0.3) is 0 Å². The Balaban J connectivity index is 1.60. The summed E-state index contributed by atoms with van der Waals surface area (Å²) < 4.78 is 5.20. The Hall–Kier alpha value is -3.09. The zero-order chi connectivity index (χ0) is 17.6. The molecule has 0 unspecified atom stereocenters. The summed E-state index contributed by atoms with van der Waals surface area (Å²) >= 11 is 0. The lowest BCUT2D eigenvalue weighted by atomic mass is 10.2. The largest absolute Gasteiger partial charge is 0.359 e. The maximum atomic E-state index is 5.20. The van der Waals surface area contributed by atoms with Crippen LogP contribution in [0.3, 0.4) is 0 Å². The number of guanidine groups is 1. The fourth-order valence-corrected chi connectivity index (χ4v) is 2.56. The Labute approximate surface area is 146 Å². The lowest BCUT2D eigenvalue weighted by molar-refractivity contribution is 0.372. The molecule has 0 aliphatic carbocycles. The molecule has 0 saturated heterocycles. The second kappa shape index (κ2) is 7.65. The minimum absolute atomic E-state index is 0.533. The van der Waals surface area contributed by atoms with Crippen LogP contribution in [-0.2, 0) is 13.1 Å². The number of aryl methyl sites for hydroxylation is 1. The van der Waals surface area contributed by atoms with Crippen molar-refractivity contribution in [3.05, 3.63) is 59.9 Å². The summed E-state index contributed by atoms with van der Waals surface area (Å²) in [6, 6.07) is 12.0. The van der Waals surface area contributed by atoms with Crippen LogP contribution in [0.25, 0.3) is 11.3 Å². The summed E-state index contributed by atoms with van der Waals surface area (Å²) in [7, 11) is 3.72. The van der Waals surface area contributed by atoms with Crippen molar-refractivity contribution in [3.63, 3.8) is 0 Å². The SMILES string of the molecule is CN=C(NCc1cc(C)no1)N(C)Cc1ncc(-c2ccccc2)[nH]1. The van der Waals surface area contributed by atoms with E-state index in [1.165, 1.54) is 0 Å². The number of rotatable bonds is 5.